The summed E-state index contributed by atoms with van der Waals surface area (Å²) in [5.41, 5.74) is 4.29. The molecule has 0 saturated heterocycles. The van der Waals surface area contributed by atoms with E-state index in [1.165, 1.54) is 5.56 Å². The van der Waals surface area contributed by atoms with Crippen LogP contribution in [0.4, 0.5) is 5.69 Å². The Bertz CT molecular complexity index is 590. The molecule has 2 nitrogen and oxygen atoms in total. The molecule has 1 N–H and O–H groups in total. The van der Waals surface area contributed by atoms with Crippen LogP contribution in [0, 0.1) is 6.92 Å². The summed E-state index contributed by atoms with van der Waals surface area (Å²) >= 11 is 0. The van der Waals surface area contributed by atoms with Gasteiger partial charge < -0.3 is 5.32 Å². The number of amides is 1. The van der Waals surface area contributed by atoms with Crippen LogP contribution in [0.15, 0.2) is 48.5 Å². The maximum absolute atomic E-state index is 12.4. The van der Waals surface area contributed by atoms with Gasteiger partial charge in [-0.15, -0.1) is 0 Å². The minimum atomic E-state index is -0.152. The molecule has 0 aromatic heterocycles. The number of carbonyl (C=O) groups excluding carboxylic acids is 1. The number of benzene rings is 2. The number of hydrogen-bond acceptors (Lipinski definition) is 1. The Balaban J connectivity index is 2.20. The van der Waals surface area contributed by atoms with Gasteiger partial charge in [-0.05, 0) is 37.0 Å². The molecule has 2 heteroatoms. The smallest absolute Gasteiger partial charge is 0.231 e. The van der Waals surface area contributed by atoms with E-state index in [1.807, 2.05) is 56.3 Å². The topological polar surface area (TPSA) is 29.1 Å². The molecule has 1 atom stereocenters. The van der Waals surface area contributed by atoms with Crippen LogP contribution in [0.25, 0.3) is 0 Å². The minimum Gasteiger partial charge on any atom is -0.325 e. The largest absolute Gasteiger partial charge is 0.325 e. The van der Waals surface area contributed by atoms with Gasteiger partial charge in [-0.25, -0.2) is 0 Å². The average Bonchev–Trinajstić information content (AvgIpc) is 2.49. The van der Waals surface area contributed by atoms with Crippen molar-refractivity contribution < 1.29 is 4.79 Å². The molecular weight excluding hydrogens is 246 g/mol. The number of carbonyl (C=O) groups is 1. The molecule has 0 fully saturated rings. The predicted octanol–water partition coefficient (Wildman–Crippen LogP) is 4.30. The van der Waals surface area contributed by atoms with Crippen LogP contribution in [0.1, 0.15) is 36.5 Å². The van der Waals surface area contributed by atoms with Gasteiger partial charge in [0.2, 0.25) is 5.91 Å². The maximum atomic E-state index is 12.4. The highest BCUT2D eigenvalue weighted by atomic mass is 16.1. The number of para-hydroxylation sites is 1. The molecule has 2 rings (SSSR count). The Morgan fingerprint density at radius 1 is 1.10 bits per heavy atom. The summed E-state index contributed by atoms with van der Waals surface area (Å²) in [5.74, 6) is -0.110. The van der Waals surface area contributed by atoms with Crippen LogP contribution in [0.2, 0.25) is 0 Å². The summed E-state index contributed by atoms with van der Waals surface area (Å²) in [5, 5.41) is 3.09. The van der Waals surface area contributed by atoms with E-state index in [-0.39, 0.29) is 11.8 Å². The molecule has 0 aliphatic rings. The van der Waals surface area contributed by atoms with Crippen molar-refractivity contribution in [1.29, 1.82) is 0 Å². The first-order valence-corrected chi connectivity index (χ1v) is 7.07. The Labute approximate surface area is 120 Å². The normalized spacial score (nSPS) is 11.9. The SMILES string of the molecule is CCc1cccc(C)c1NC(=O)[C@@H](C)c1ccccc1. The molecule has 0 radical (unpaired) electrons. The molecule has 2 aromatic rings. The first-order valence-electron chi connectivity index (χ1n) is 7.07. The summed E-state index contributed by atoms with van der Waals surface area (Å²) in [4.78, 5) is 12.4. The second-order valence-corrected chi connectivity index (χ2v) is 5.08. The van der Waals surface area contributed by atoms with Gasteiger partial charge in [-0.2, -0.15) is 0 Å². The van der Waals surface area contributed by atoms with Gasteiger partial charge in [0.05, 0.1) is 5.92 Å². The zero-order valence-electron chi connectivity index (χ0n) is 12.3. The standard InChI is InChI=1S/C18H21NO/c1-4-15-12-8-9-13(2)17(15)19-18(20)14(3)16-10-6-5-7-11-16/h5-12,14H,4H2,1-3H3,(H,19,20)/t14-/m0/s1. The summed E-state index contributed by atoms with van der Waals surface area (Å²) in [6.45, 7) is 6.07. The van der Waals surface area contributed by atoms with Crippen LogP contribution in [0.3, 0.4) is 0 Å². The van der Waals surface area contributed by atoms with Crippen molar-refractivity contribution in [3.8, 4) is 0 Å². The van der Waals surface area contributed by atoms with E-state index in [1.54, 1.807) is 0 Å². The molecule has 1 amide bonds. The van der Waals surface area contributed by atoms with E-state index in [2.05, 4.69) is 18.3 Å². The molecular formula is C18H21NO. The fourth-order valence-corrected chi connectivity index (χ4v) is 2.33. The molecule has 2 aromatic carbocycles. The molecule has 0 aliphatic heterocycles. The van der Waals surface area contributed by atoms with Gasteiger partial charge in [0.1, 0.15) is 0 Å². The number of nitrogens with one attached hydrogen (secondary N) is 1. The van der Waals surface area contributed by atoms with Crippen molar-refractivity contribution in [2.45, 2.75) is 33.1 Å². The first-order chi connectivity index (χ1) is 9.63. The van der Waals surface area contributed by atoms with Crippen LogP contribution in [0.5, 0.6) is 0 Å². The highest BCUT2D eigenvalue weighted by molar-refractivity contribution is 5.96. The van der Waals surface area contributed by atoms with E-state index in [9.17, 15) is 4.79 Å². The lowest BCUT2D eigenvalue weighted by atomic mass is 9.99. The van der Waals surface area contributed by atoms with Gasteiger partial charge in [0.25, 0.3) is 0 Å². The summed E-state index contributed by atoms with van der Waals surface area (Å²) in [7, 11) is 0. The lowest BCUT2D eigenvalue weighted by Gasteiger charge is -2.16. The van der Waals surface area contributed by atoms with Crippen molar-refractivity contribution in [3.63, 3.8) is 0 Å². The number of hydrogen-bond donors (Lipinski definition) is 1. The quantitative estimate of drug-likeness (QED) is 0.879. The van der Waals surface area contributed by atoms with Crippen molar-refractivity contribution in [2.24, 2.45) is 0 Å². The Morgan fingerprint density at radius 3 is 2.45 bits per heavy atom. The third-order valence-electron chi connectivity index (χ3n) is 3.68. The van der Waals surface area contributed by atoms with Gasteiger partial charge in [0, 0.05) is 5.69 Å². The number of aryl methyl sites for hydroxylation is 2. The molecule has 0 spiro atoms. The lowest BCUT2D eigenvalue weighted by molar-refractivity contribution is -0.117. The van der Waals surface area contributed by atoms with E-state index in [0.29, 0.717) is 0 Å². The molecule has 104 valence electrons. The highest BCUT2D eigenvalue weighted by Crippen LogP contribution is 2.23. The summed E-state index contributed by atoms with van der Waals surface area (Å²) in [6.07, 6.45) is 0.914. The minimum absolute atomic E-state index is 0.0419. The van der Waals surface area contributed by atoms with Crippen molar-refractivity contribution in [1.82, 2.24) is 0 Å². The molecule has 0 saturated carbocycles. The zero-order chi connectivity index (χ0) is 14.5. The van der Waals surface area contributed by atoms with E-state index in [4.69, 9.17) is 0 Å². The maximum Gasteiger partial charge on any atom is 0.231 e. The van der Waals surface area contributed by atoms with Crippen LogP contribution < -0.4 is 5.32 Å². The van der Waals surface area contributed by atoms with Crippen molar-refractivity contribution in [2.75, 3.05) is 5.32 Å². The average molecular weight is 267 g/mol. The molecule has 0 unspecified atom stereocenters. The Hall–Kier alpha value is -2.09. The fraction of sp³-hybridized carbons (Fsp3) is 0.278. The third-order valence-corrected chi connectivity index (χ3v) is 3.68. The Morgan fingerprint density at radius 2 is 1.80 bits per heavy atom. The molecule has 0 heterocycles. The highest BCUT2D eigenvalue weighted by Gasteiger charge is 2.16. The Kier molecular flexibility index (Phi) is 4.57. The van der Waals surface area contributed by atoms with Crippen molar-refractivity contribution >= 4 is 11.6 Å². The van der Waals surface area contributed by atoms with Crippen LogP contribution >= 0.6 is 0 Å². The van der Waals surface area contributed by atoms with E-state index < -0.39 is 0 Å². The molecule has 20 heavy (non-hydrogen) atoms. The third kappa shape index (κ3) is 3.08. The lowest BCUT2D eigenvalue weighted by Crippen LogP contribution is -2.20. The molecule has 0 aliphatic carbocycles. The molecule has 0 bridgehead atoms. The second-order valence-electron chi connectivity index (χ2n) is 5.08. The first kappa shape index (κ1) is 14.3. The van der Waals surface area contributed by atoms with Gasteiger partial charge in [0.15, 0.2) is 0 Å². The number of anilines is 1. The van der Waals surface area contributed by atoms with Gasteiger partial charge >= 0.3 is 0 Å². The van der Waals surface area contributed by atoms with Crippen LogP contribution in [-0.4, -0.2) is 5.91 Å². The van der Waals surface area contributed by atoms with E-state index >= 15 is 0 Å². The van der Waals surface area contributed by atoms with Crippen LogP contribution in [-0.2, 0) is 11.2 Å². The summed E-state index contributed by atoms with van der Waals surface area (Å²) < 4.78 is 0. The van der Waals surface area contributed by atoms with Gasteiger partial charge in [-0.1, -0.05) is 55.5 Å². The van der Waals surface area contributed by atoms with Crippen molar-refractivity contribution in [3.05, 3.63) is 65.2 Å². The van der Waals surface area contributed by atoms with Gasteiger partial charge in [-0.3, -0.25) is 4.79 Å². The zero-order valence-corrected chi connectivity index (χ0v) is 12.3. The number of rotatable bonds is 4. The predicted molar refractivity (Wildman–Crippen MR) is 84.0 cm³/mol. The van der Waals surface area contributed by atoms with E-state index in [0.717, 1.165) is 23.2 Å². The monoisotopic (exact) mass is 267 g/mol. The summed E-state index contributed by atoms with van der Waals surface area (Å²) in [6, 6.07) is 16.0. The second kappa shape index (κ2) is 6.38. The fourth-order valence-electron chi connectivity index (χ4n) is 2.33.